The molecule has 0 aliphatic heterocycles. The van der Waals surface area contributed by atoms with Crippen LogP contribution in [0.25, 0.3) is 0 Å². The summed E-state index contributed by atoms with van der Waals surface area (Å²) in [4.78, 5) is 23.6. The van der Waals surface area contributed by atoms with Gasteiger partial charge in [-0.25, -0.2) is 4.79 Å². The van der Waals surface area contributed by atoms with Crippen LogP contribution in [0.2, 0.25) is 0 Å². The number of Topliss-reactive ketones (excluding diaryl/α,β-unsaturated/α-hetero) is 1. The molecule has 2 aromatic rings. The van der Waals surface area contributed by atoms with Gasteiger partial charge in [-0.05, 0) is 17.7 Å². The van der Waals surface area contributed by atoms with Crippen molar-refractivity contribution in [2.45, 2.75) is 18.3 Å². The van der Waals surface area contributed by atoms with Gasteiger partial charge in [0.2, 0.25) is 5.78 Å². The molecule has 0 saturated heterocycles. The quantitative estimate of drug-likeness (QED) is 0.651. The molecule has 6 nitrogen and oxygen atoms in total. The fourth-order valence-electron chi connectivity index (χ4n) is 2.09. The first-order valence-corrected chi connectivity index (χ1v) is 7.34. The molecule has 0 heterocycles. The van der Waals surface area contributed by atoms with Gasteiger partial charge < -0.3 is 20.1 Å². The molecule has 126 valence electrons. The summed E-state index contributed by atoms with van der Waals surface area (Å²) in [6.07, 6.45) is -5.03. The average molecular weight is 330 g/mol. The van der Waals surface area contributed by atoms with Crippen molar-refractivity contribution in [2.24, 2.45) is 0 Å². The van der Waals surface area contributed by atoms with E-state index in [1.807, 2.05) is 0 Å². The van der Waals surface area contributed by atoms with E-state index in [1.165, 1.54) is 12.1 Å². The zero-order valence-corrected chi connectivity index (χ0v) is 12.8. The largest absolute Gasteiger partial charge is 0.454 e. The van der Waals surface area contributed by atoms with Crippen LogP contribution in [0.4, 0.5) is 0 Å². The third kappa shape index (κ3) is 4.48. The normalized spacial score (nSPS) is 14.5. The second-order valence-electron chi connectivity index (χ2n) is 5.20. The van der Waals surface area contributed by atoms with E-state index in [9.17, 15) is 24.9 Å². The maximum atomic E-state index is 11.9. The second-order valence-corrected chi connectivity index (χ2v) is 5.20. The number of ketones is 1. The molecule has 6 heteroatoms. The van der Waals surface area contributed by atoms with Gasteiger partial charge in [-0.1, -0.05) is 48.5 Å². The lowest BCUT2D eigenvalue weighted by molar-refractivity contribution is -0.141. The van der Waals surface area contributed by atoms with Crippen molar-refractivity contribution >= 4 is 11.8 Å². The summed E-state index contributed by atoms with van der Waals surface area (Å²) < 4.78 is 4.81. The minimum Gasteiger partial charge on any atom is -0.454 e. The molecule has 0 spiro atoms. The van der Waals surface area contributed by atoms with Crippen LogP contribution in [0.3, 0.4) is 0 Å². The van der Waals surface area contributed by atoms with E-state index in [4.69, 9.17) is 4.74 Å². The van der Waals surface area contributed by atoms with Gasteiger partial charge in [0.15, 0.2) is 6.61 Å². The van der Waals surface area contributed by atoms with Gasteiger partial charge in [-0.15, -0.1) is 0 Å². The lowest BCUT2D eigenvalue weighted by Gasteiger charge is -2.22. The van der Waals surface area contributed by atoms with Gasteiger partial charge in [0.25, 0.3) is 0 Å². The van der Waals surface area contributed by atoms with Gasteiger partial charge in [-0.2, -0.15) is 0 Å². The zero-order valence-electron chi connectivity index (χ0n) is 12.8. The van der Waals surface area contributed by atoms with Crippen molar-refractivity contribution in [2.75, 3.05) is 6.61 Å². The number of hydrogen-bond acceptors (Lipinski definition) is 6. The molecule has 0 saturated carbocycles. The maximum Gasteiger partial charge on any atom is 0.338 e. The Morgan fingerprint density at radius 2 is 1.42 bits per heavy atom. The van der Waals surface area contributed by atoms with Crippen molar-refractivity contribution in [3.8, 4) is 0 Å². The summed E-state index contributed by atoms with van der Waals surface area (Å²) in [6.45, 7) is -0.701. The van der Waals surface area contributed by atoms with Gasteiger partial charge in [0.1, 0.15) is 18.3 Å². The Balaban J connectivity index is 1.90. The maximum absolute atomic E-state index is 11.9. The summed E-state index contributed by atoms with van der Waals surface area (Å²) in [6, 6.07) is 16.2. The minimum absolute atomic E-state index is 0.268. The number of hydrogen-bond donors (Lipinski definition) is 3. The topological polar surface area (TPSA) is 104 Å². The van der Waals surface area contributed by atoms with E-state index in [0.29, 0.717) is 5.56 Å². The number of rotatable bonds is 7. The molecular weight excluding hydrogens is 312 g/mol. The number of carbonyl (C=O) groups is 2. The number of ether oxygens (including phenoxy) is 1. The molecule has 24 heavy (non-hydrogen) atoms. The zero-order chi connectivity index (χ0) is 17.5. The lowest BCUT2D eigenvalue weighted by atomic mass is 9.98. The third-order valence-corrected chi connectivity index (χ3v) is 3.47. The molecule has 0 amide bonds. The van der Waals surface area contributed by atoms with Crippen LogP contribution in [0.5, 0.6) is 0 Å². The fourth-order valence-corrected chi connectivity index (χ4v) is 2.09. The van der Waals surface area contributed by atoms with E-state index in [1.54, 1.807) is 48.5 Å². The summed E-state index contributed by atoms with van der Waals surface area (Å²) in [5.41, 5.74) is 0.628. The molecule has 0 aromatic heterocycles. The highest BCUT2D eigenvalue weighted by Gasteiger charge is 2.31. The Kier molecular flexibility index (Phi) is 6.20. The summed E-state index contributed by atoms with van der Waals surface area (Å²) in [5.74, 6) is -1.61. The van der Waals surface area contributed by atoms with E-state index in [2.05, 4.69) is 0 Å². The predicted molar refractivity (Wildman–Crippen MR) is 85.1 cm³/mol. The molecule has 0 aliphatic carbocycles. The number of benzene rings is 2. The van der Waals surface area contributed by atoms with Gasteiger partial charge in [0, 0.05) is 0 Å². The Bertz CT molecular complexity index is 670. The third-order valence-electron chi connectivity index (χ3n) is 3.47. The van der Waals surface area contributed by atoms with Crippen LogP contribution in [-0.4, -0.2) is 45.9 Å². The lowest BCUT2D eigenvalue weighted by Crippen LogP contribution is -2.40. The first-order valence-electron chi connectivity index (χ1n) is 7.34. The molecular formula is C18H18O6. The van der Waals surface area contributed by atoms with Crippen LogP contribution in [0.1, 0.15) is 22.0 Å². The molecule has 0 aliphatic rings. The van der Waals surface area contributed by atoms with Gasteiger partial charge in [0.05, 0.1) is 5.56 Å². The minimum atomic E-state index is -1.87. The van der Waals surface area contributed by atoms with Gasteiger partial charge in [-0.3, -0.25) is 4.79 Å². The second kappa shape index (κ2) is 8.35. The predicted octanol–water partition coefficient (Wildman–Crippen LogP) is 0.868. The molecule has 3 atom stereocenters. The van der Waals surface area contributed by atoms with E-state index < -0.39 is 36.7 Å². The Morgan fingerprint density at radius 3 is 2.00 bits per heavy atom. The fraction of sp³-hybridized carbons (Fsp3) is 0.222. The standard InChI is InChI=1S/C18H18O6/c19-14(11-24-18(23)13-9-5-2-6-10-13)16(21)17(22)15(20)12-7-3-1-4-8-12/h1-10,15-17,20-22H,11H2/t15?,16-,17?/m0/s1. The first-order chi connectivity index (χ1) is 11.5. The van der Waals surface area contributed by atoms with Crippen LogP contribution in [0.15, 0.2) is 60.7 Å². The number of aliphatic hydroxyl groups excluding tert-OH is 3. The van der Waals surface area contributed by atoms with Crippen molar-refractivity contribution in [1.29, 1.82) is 0 Å². The molecule has 3 N–H and O–H groups in total. The molecule has 0 bridgehead atoms. The van der Waals surface area contributed by atoms with Crippen molar-refractivity contribution in [1.82, 2.24) is 0 Å². The summed E-state index contributed by atoms with van der Waals surface area (Å²) in [5, 5.41) is 29.8. The highest BCUT2D eigenvalue weighted by molar-refractivity contribution is 5.92. The summed E-state index contributed by atoms with van der Waals surface area (Å²) >= 11 is 0. The molecule has 2 aromatic carbocycles. The SMILES string of the molecule is O=C(OCC(=O)[C@H](O)C(O)C(O)c1ccccc1)c1ccccc1. The highest BCUT2D eigenvalue weighted by atomic mass is 16.5. The first kappa shape index (κ1) is 17.8. The Labute approximate surface area is 138 Å². The molecule has 2 rings (SSSR count). The van der Waals surface area contributed by atoms with E-state index in [-0.39, 0.29) is 5.56 Å². The number of carbonyl (C=O) groups excluding carboxylic acids is 2. The molecule has 2 unspecified atom stereocenters. The van der Waals surface area contributed by atoms with Crippen LogP contribution in [-0.2, 0) is 9.53 Å². The summed E-state index contributed by atoms with van der Waals surface area (Å²) in [7, 11) is 0. The van der Waals surface area contributed by atoms with E-state index >= 15 is 0 Å². The van der Waals surface area contributed by atoms with Crippen LogP contribution < -0.4 is 0 Å². The number of esters is 1. The Hall–Kier alpha value is -2.54. The van der Waals surface area contributed by atoms with Crippen molar-refractivity contribution in [3.63, 3.8) is 0 Å². The smallest absolute Gasteiger partial charge is 0.338 e. The van der Waals surface area contributed by atoms with Gasteiger partial charge >= 0.3 is 5.97 Å². The monoisotopic (exact) mass is 330 g/mol. The van der Waals surface area contributed by atoms with Crippen molar-refractivity contribution in [3.05, 3.63) is 71.8 Å². The highest BCUT2D eigenvalue weighted by Crippen LogP contribution is 2.19. The molecule has 0 fully saturated rings. The number of aliphatic hydroxyl groups is 3. The van der Waals surface area contributed by atoms with Crippen LogP contribution >= 0.6 is 0 Å². The molecule has 0 radical (unpaired) electrons. The Morgan fingerprint density at radius 1 is 0.875 bits per heavy atom. The average Bonchev–Trinajstić information content (AvgIpc) is 2.65. The van der Waals surface area contributed by atoms with Crippen LogP contribution in [0, 0.1) is 0 Å². The van der Waals surface area contributed by atoms with Crippen molar-refractivity contribution < 1.29 is 29.6 Å². The van der Waals surface area contributed by atoms with E-state index in [0.717, 1.165) is 0 Å².